The molecular weight excluding hydrogens is 368 g/mol. The second kappa shape index (κ2) is 9.15. The fourth-order valence-corrected chi connectivity index (χ4v) is 3.68. The minimum Gasteiger partial charge on any atom is -0.285 e. The van der Waals surface area contributed by atoms with Crippen molar-refractivity contribution in [2.75, 3.05) is 0 Å². The molecule has 4 aromatic rings. The van der Waals surface area contributed by atoms with Crippen molar-refractivity contribution in [1.29, 1.82) is 0 Å². The molecule has 0 aliphatic rings. The fraction of sp³-hybridized carbons (Fsp3) is 0.0714. The van der Waals surface area contributed by atoms with Gasteiger partial charge in [-0.3, -0.25) is 9.59 Å². The van der Waals surface area contributed by atoms with Gasteiger partial charge in [0.2, 0.25) is 11.6 Å². The number of rotatable bonds is 7. The molecule has 0 radical (unpaired) electrons. The first-order valence-corrected chi connectivity index (χ1v) is 10.0. The van der Waals surface area contributed by atoms with E-state index in [4.69, 9.17) is 0 Å². The maximum atomic E-state index is 13.2. The Balaban J connectivity index is 1.76. The lowest BCUT2D eigenvalue weighted by Gasteiger charge is -2.15. The third-order valence-corrected chi connectivity index (χ3v) is 5.22. The van der Waals surface area contributed by atoms with E-state index >= 15 is 0 Å². The maximum absolute atomic E-state index is 13.2. The summed E-state index contributed by atoms with van der Waals surface area (Å²) in [5.41, 5.74) is 5.17. The van der Waals surface area contributed by atoms with E-state index in [0.29, 0.717) is 24.0 Å². The van der Waals surface area contributed by atoms with Crippen molar-refractivity contribution in [3.05, 3.63) is 143 Å². The molecule has 0 atom stereocenters. The summed E-state index contributed by atoms with van der Waals surface area (Å²) in [5, 5.41) is 0. The van der Waals surface area contributed by atoms with Crippen LogP contribution in [0.15, 0.2) is 109 Å². The summed E-state index contributed by atoms with van der Waals surface area (Å²) in [5.74, 6) is -0.927. The Kier molecular flexibility index (Phi) is 5.95. The normalized spacial score (nSPS) is 10.5. The molecule has 0 spiro atoms. The molecule has 2 heteroatoms. The number of ketones is 2. The second-order valence-corrected chi connectivity index (χ2v) is 7.29. The lowest BCUT2D eigenvalue weighted by Crippen LogP contribution is -2.17. The van der Waals surface area contributed by atoms with Crippen LogP contribution in [-0.4, -0.2) is 11.6 Å². The van der Waals surface area contributed by atoms with Gasteiger partial charge in [-0.2, -0.15) is 0 Å². The molecule has 0 aliphatic heterocycles. The standard InChI is InChI=1S/C28H22O2/c29-27(23-15-8-3-9-16-23)28(30)25-18-10-17-24(19-21-11-4-1-5-12-21)26(25)20-22-13-6-2-7-14-22/h1-18H,19-20H2. The van der Waals surface area contributed by atoms with E-state index in [1.165, 1.54) is 5.56 Å². The SMILES string of the molecule is O=C(C(=O)c1cccc(Cc2ccccc2)c1Cc1ccccc1)c1ccccc1. The number of hydrogen-bond acceptors (Lipinski definition) is 2. The van der Waals surface area contributed by atoms with Crippen LogP contribution in [0, 0.1) is 0 Å². The van der Waals surface area contributed by atoms with Crippen LogP contribution in [0.3, 0.4) is 0 Å². The predicted molar refractivity (Wildman–Crippen MR) is 120 cm³/mol. The summed E-state index contributed by atoms with van der Waals surface area (Å²) >= 11 is 0. The Morgan fingerprint density at radius 3 is 1.63 bits per heavy atom. The van der Waals surface area contributed by atoms with E-state index in [9.17, 15) is 9.59 Å². The highest BCUT2D eigenvalue weighted by molar-refractivity contribution is 6.49. The maximum Gasteiger partial charge on any atom is 0.233 e. The summed E-state index contributed by atoms with van der Waals surface area (Å²) < 4.78 is 0. The Hall–Kier alpha value is -3.78. The van der Waals surface area contributed by atoms with Crippen molar-refractivity contribution in [3.63, 3.8) is 0 Å². The van der Waals surface area contributed by atoms with Gasteiger partial charge in [0.25, 0.3) is 0 Å². The molecule has 146 valence electrons. The minimum absolute atomic E-state index is 0.418. The van der Waals surface area contributed by atoms with Gasteiger partial charge in [0.1, 0.15) is 0 Å². The lowest BCUT2D eigenvalue weighted by molar-refractivity contribution is 0.0816. The molecule has 0 bridgehead atoms. The quantitative estimate of drug-likeness (QED) is 0.289. The van der Waals surface area contributed by atoms with Gasteiger partial charge < -0.3 is 0 Å². The first-order chi connectivity index (χ1) is 14.7. The molecular formula is C28H22O2. The van der Waals surface area contributed by atoms with Crippen molar-refractivity contribution in [3.8, 4) is 0 Å². The summed E-state index contributed by atoms with van der Waals surface area (Å²) in [7, 11) is 0. The number of Topliss-reactive ketones (excluding diaryl/α,β-unsaturated/α-hetero) is 2. The lowest BCUT2D eigenvalue weighted by atomic mass is 9.88. The first kappa shape index (κ1) is 19.5. The highest BCUT2D eigenvalue weighted by atomic mass is 16.2. The van der Waals surface area contributed by atoms with Crippen LogP contribution < -0.4 is 0 Å². The van der Waals surface area contributed by atoms with Gasteiger partial charge in [0, 0.05) is 11.1 Å². The highest BCUT2D eigenvalue weighted by Crippen LogP contribution is 2.24. The van der Waals surface area contributed by atoms with Crippen molar-refractivity contribution >= 4 is 11.6 Å². The zero-order valence-corrected chi connectivity index (χ0v) is 16.6. The Bertz CT molecular complexity index is 1150. The summed E-state index contributed by atoms with van der Waals surface area (Å²) in [6, 6.07) is 34.7. The molecule has 0 saturated carbocycles. The van der Waals surface area contributed by atoms with E-state index in [0.717, 1.165) is 16.7 Å². The van der Waals surface area contributed by atoms with E-state index < -0.39 is 11.6 Å². The van der Waals surface area contributed by atoms with Gasteiger partial charge in [-0.1, -0.05) is 109 Å². The van der Waals surface area contributed by atoms with E-state index in [1.54, 1.807) is 30.3 Å². The highest BCUT2D eigenvalue weighted by Gasteiger charge is 2.22. The molecule has 4 rings (SSSR count). The Labute approximate surface area is 176 Å². The third-order valence-electron chi connectivity index (χ3n) is 5.22. The van der Waals surface area contributed by atoms with Gasteiger partial charge in [-0.15, -0.1) is 0 Å². The van der Waals surface area contributed by atoms with E-state index in [-0.39, 0.29) is 0 Å². The van der Waals surface area contributed by atoms with Crippen molar-refractivity contribution in [1.82, 2.24) is 0 Å². The summed E-state index contributed by atoms with van der Waals surface area (Å²) in [4.78, 5) is 26.1. The van der Waals surface area contributed by atoms with E-state index in [2.05, 4.69) is 18.2 Å². The molecule has 4 aromatic carbocycles. The monoisotopic (exact) mass is 390 g/mol. The Morgan fingerprint density at radius 2 is 1.03 bits per heavy atom. The third kappa shape index (κ3) is 4.44. The zero-order chi connectivity index (χ0) is 20.8. The smallest absolute Gasteiger partial charge is 0.233 e. The molecule has 0 N–H and O–H groups in total. The van der Waals surface area contributed by atoms with Crippen molar-refractivity contribution in [2.45, 2.75) is 12.8 Å². The van der Waals surface area contributed by atoms with Crippen LogP contribution in [0.25, 0.3) is 0 Å². The van der Waals surface area contributed by atoms with Gasteiger partial charge in [0.05, 0.1) is 0 Å². The first-order valence-electron chi connectivity index (χ1n) is 10.0. The van der Waals surface area contributed by atoms with Crippen LogP contribution in [0.1, 0.15) is 43.0 Å². The van der Waals surface area contributed by atoms with Crippen molar-refractivity contribution in [2.24, 2.45) is 0 Å². The van der Waals surface area contributed by atoms with Crippen LogP contribution in [0.2, 0.25) is 0 Å². The average Bonchev–Trinajstić information content (AvgIpc) is 2.81. The molecule has 0 heterocycles. The summed E-state index contributed by atoms with van der Waals surface area (Å²) in [6.45, 7) is 0. The fourth-order valence-electron chi connectivity index (χ4n) is 3.68. The number of hydrogen-bond donors (Lipinski definition) is 0. The molecule has 2 nitrogen and oxygen atoms in total. The molecule has 0 aromatic heterocycles. The van der Waals surface area contributed by atoms with E-state index in [1.807, 2.05) is 60.7 Å². The topological polar surface area (TPSA) is 34.1 Å². The molecule has 30 heavy (non-hydrogen) atoms. The summed E-state index contributed by atoms with van der Waals surface area (Å²) in [6.07, 6.45) is 1.32. The number of benzene rings is 4. The second-order valence-electron chi connectivity index (χ2n) is 7.29. The molecule has 0 saturated heterocycles. The van der Waals surface area contributed by atoms with Crippen LogP contribution in [0.5, 0.6) is 0 Å². The van der Waals surface area contributed by atoms with Crippen LogP contribution in [0.4, 0.5) is 0 Å². The largest absolute Gasteiger partial charge is 0.285 e. The molecule has 0 aliphatic carbocycles. The van der Waals surface area contributed by atoms with Gasteiger partial charge >= 0.3 is 0 Å². The molecule has 0 fully saturated rings. The van der Waals surface area contributed by atoms with Crippen molar-refractivity contribution < 1.29 is 9.59 Å². The predicted octanol–water partition coefficient (Wildman–Crippen LogP) is 5.93. The average molecular weight is 390 g/mol. The minimum atomic E-state index is -0.471. The number of carbonyl (C=O) groups excluding carboxylic acids is 2. The molecule has 0 amide bonds. The Morgan fingerprint density at radius 1 is 0.500 bits per heavy atom. The molecule has 0 unspecified atom stereocenters. The number of carbonyl (C=O) groups is 2. The van der Waals surface area contributed by atoms with Crippen LogP contribution >= 0.6 is 0 Å². The van der Waals surface area contributed by atoms with Gasteiger partial charge in [-0.05, 0) is 35.1 Å². The zero-order valence-electron chi connectivity index (χ0n) is 16.6. The van der Waals surface area contributed by atoms with Gasteiger partial charge in [0.15, 0.2) is 0 Å². The van der Waals surface area contributed by atoms with Crippen LogP contribution in [-0.2, 0) is 12.8 Å². The van der Waals surface area contributed by atoms with Gasteiger partial charge in [-0.25, -0.2) is 0 Å².